The Morgan fingerprint density at radius 2 is 2.10 bits per heavy atom. The highest BCUT2D eigenvalue weighted by Gasteiger charge is 2.26. The average Bonchev–Trinajstić information content (AvgIpc) is 2.79. The highest BCUT2D eigenvalue weighted by molar-refractivity contribution is 7.13. The summed E-state index contributed by atoms with van der Waals surface area (Å²) in [6.07, 6.45) is -0.544. The normalized spacial score (nSPS) is 12.7. The molecule has 0 spiro atoms. The van der Waals surface area contributed by atoms with Crippen LogP contribution < -0.4 is 16.8 Å². The summed E-state index contributed by atoms with van der Waals surface area (Å²) >= 11 is 1.29. The standard InChI is InChI=1S/C11H18F3N5S/c12-11(13,14)7-17-9(16)19-10-18-8(6-20-10)4-2-1-3-5-15/h6H,1-5,7,15H2,(H3,16,17,18,19). The second-order valence-corrected chi connectivity index (χ2v) is 5.04. The van der Waals surface area contributed by atoms with Crippen molar-refractivity contribution in [3.63, 3.8) is 0 Å². The molecule has 0 aromatic carbocycles. The van der Waals surface area contributed by atoms with Gasteiger partial charge in [0.05, 0.1) is 5.69 Å². The first-order chi connectivity index (χ1) is 9.40. The Balaban J connectivity index is 2.39. The monoisotopic (exact) mass is 309 g/mol. The first kappa shape index (κ1) is 16.7. The van der Waals surface area contributed by atoms with E-state index in [0.717, 1.165) is 31.4 Å². The molecule has 1 aromatic rings. The number of nitrogens with two attached hydrogens (primary N) is 2. The van der Waals surface area contributed by atoms with Crippen molar-refractivity contribution >= 4 is 22.4 Å². The fourth-order valence-electron chi connectivity index (χ4n) is 1.43. The van der Waals surface area contributed by atoms with Gasteiger partial charge in [-0.05, 0) is 25.8 Å². The first-order valence-electron chi connectivity index (χ1n) is 6.19. The zero-order chi connectivity index (χ0) is 15.0. The van der Waals surface area contributed by atoms with Gasteiger partial charge in [-0.1, -0.05) is 6.42 Å². The SMILES string of the molecule is NCCCCCc1csc(N/C(N)=N\CC(F)(F)F)n1. The third-order valence-electron chi connectivity index (χ3n) is 2.35. The van der Waals surface area contributed by atoms with Crippen LogP contribution in [0.25, 0.3) is 0 Å². The largest absolute Gasteiger partial charge is 0.408 e. The summed E-state index contributed by atoms with van der Waals surface area (Å²) < 4.78 is 35.8. The van der Waals surface area contributed by atoms with E-state index in [1.165, 1.54) is 11.3 Å². The lowest BCUT2D eigenvalue weighted by molar-refractivity contribution is -0.118. The maximum absolute atomic E-state index is 11.9. The Labute approximate surface area is 119 Å². The van der Waals surface area contributed by atoms with Gasteiger partial charge in [-0.15, -0.1) is 11.3 Å². The number of nitrogens with one attached hydrogen (secondary N) is 1. The van der Waals surface area contributed by atoms with Gasteiger partial charge in [0.25, 0.3) is 0 Å². The summed E-state index contributed by atoms with van der Waals surface area (Å²) in [6.45, 7) is -0.626. The minimum absolute atomic E-state index is 0.286. The maximum atomic E-state index is 11.9. The van der Waals surface area contributed by atoms with Gasteiger partial charge in [-0.2, -0.15) is 13.2 Å². The number of thiazole rings is 1. The predicted octanol–water partition coefficient (Wildman–Crippen LogP) is 2.10. The number of guanidine groups is 1. The summed E-state index contributed by atoms with van der Waals surface area (Å²) in [5, 5.41) is 4.85. The number of rotatable bonds is 7. The number of nitrogens with zero attached hydrogens (tertiary/aromatic N) is 2. The molecule has 1 heterocycles. The van der Waals surface area contributed by atoms with Gasteiger partial charge in [0.2, 0.25) is 0 Å². The highest BCUT2D eigenvalue weighted by Crippen LogP contribution is 2.18. The van der Waals surface area contributed by atoms with Gasteiger partial charge >= 0.3 is 6.18 Å². The van der Waals surface area contributed by atoms with Crippen molar-refractivity contribution in [1.82, 2.24) is 4.98 Å². The van der Waals surface area contributed by atoms with Crippen molar-refractivity contribution in [3.8, 4) is 0 Å². The van der Waals surface area contributed by atoms with E-state index in [9.17, 15) is 13.2 Å². The smallest absolute Gasteiger partial charge is 0.370 e. The number of aryl methyl sites for hydroxylation is 1. The molecule has 0 atom stereocenters. The maximum Gasteiger partial charge on any atom is 0.408 e. The van der Waals surface area contributed by atoms with Gasteiger partial charge in [-0.3, -0.25) is 0 Å². The minimum Gasteiger partial charge on any atom is -0.370 e. The number of unbranched alkanes of at least 4 members (excludes halogenated alkanes) is 2. The van der Waals surface area contributed by atoms with Crippen LogP contribution in [-0.2, 0) is 6.42 Å². The van der Waals surface area contributed by atoms with E-state index in [-0.39, 0.29) is 5.96 Å². The molecule has 0 fully saturated rings. The molecule has 0 aliphatic heterocycles. The topological polar surface area (TPSA) is 89.3 Å². The molecule has 0 unspecified atom stereocenters. The van der Waals surface area contributed by atoms with E-state index in [4.69, 9.17) is 11.5 Å². The van der Waals surface area contributed by atoms with Crippen LogP contribution in [0.3, 0.4) is 0 Å². The van der Waals surface area contributed by atoms with E-state index in [0.29, 0.717) is 11.7 Å². The third kappa shape index (κ3) is 7.29. The van der Waals surface area contributed by atoms with Crippen LogP contribution in [-0.4, -0.2) is 30.2 Å². The lowest BCUT2D eigenvalue weighted by Gasteiger charge is -2.04. The van der Waals surface area contributed by atoms with E-state index in [2.05, 4.69) is 15.3 Å². The summed E-state index contributed by atoms with van der Waals surface area (Å²) in [5.41, 5.74) is 11.6. The molecule has 0 saturated heterocycles. The van der Waals surface area contributed by atoms with Gasteiger partial charge in [0.1, 0.15) is 6.54 Å². The highest BCUT2D eigenvalue weighted by atomic mass is 32.1. The quantitative estimate of drug-likeness (QED) is 0.409. The zero-order valence-corrected chi connectivity index (χ0v) is 11.7. The molecule has 0 bridgehead atoms. The molecule has 1 rings (SSSR count). The minimum atomic E-state index is -4.36. The first-order valence-corrected chi connectivity index (χ1v) is 7.07. The number of hydrogen-bond donors (Lipinski definition) is 3. The molecule has 0 radical (unpaired) electrons. The van der Waals surface area contributed by atoms with Crippen molar-refractivity contribution in [3.05, 3.63) is 11.1 Å². The van der Waals surface area contributed by atoms with E-state index < -0.39 is 12.7 Å². The van der Waals surface area contributed by atoms with Crippen LogP contribution in [0.1, 0.15) is 25.0 Å². The second kappa shape index (κ2) is 8.05. The van der Waals surface area contributed by atoms with E-state index in [1.54, 1.807) is 0 Å². The van der Waals surface area contributed by atoms with Crippen LogP contribution in [0.4, 0.5) is 18.3 Å². The number of alkyl halides is 3. The Bertz CT molecular complexity index is 430. The Hall–Kier alpha value is -1.35. The zero-order valence-electron chi connectivity index (χ0n) is 10.9. The molecule has 0 amide bonds. The average molecular weight is 309 g/mol. The molecule has 5 N–H and O–H groups in total. The van der Waals surface area contributed by atoms with Crippen molar-refractivity contribution < 1.29 is 13.2 Å². The molecule has 9 heteroatoms. The number of halogens is 3. The summed E-state index contributed by atoms with van der Waals surface area (Å²) in [4.78, 5) is 7.42. The number of aromatic nitrogens is 1. The Kier molecular flexibility index (Phi) is 6.73. The van der Waals surface area contributed by atoms with Gasteiger partial charge < -0.3 is 16.8 Å². The van der Waals surface area contributed by atoms with Gasteiger partial charge in [0, 0.05) is 5.38 Å². The summed E-state index contributed by atoms with van der Waals surface area (Å²) in [5.74, 6) is -0.286. The summed E-state index contributed by atoms with van der Waals surface area (Å²) in [7, 11) is 0. The molecule has 0 aliphatic rings. The van der Waals surface area contributed by atoms with Gasteiger partial charge in [-0.25, -0.2) is 9.98 Å². The number of aliphatic imine (C=N–C) groups is 1. The molecule has 114 valence electrons. The van der Waals surface area contributed by atoms with Crippen LogP contribution >= 0.6 is 11.3 Å². The molecule has 5 nitrogen and oxygen atoms in total. The van der Waals surface area contributed by atoms with Crippen molar-refractivity contribution in [2.75, 3.05) is 18.4 Å². The lowest BCUT2D eigenvalue weighted by Crippen LogP contribution is -2.25. The van der Waals surface area contributed by atoms with Gasteiger partial charge in [0.15, 0.2) is 11.1 Å². The van der Waals surface area contributed by atoms with Crippen molar-refractivity contribution in [2.24, 2.45) is 16.5 Å². The molecular weight excluding hydrogens is 291 g/mol. The predicted molar refractivity (Wildman–Crippen MR) is 74.9 cm³/mol. The Morgan fingerprint density at radius 3 is 2.75 bits per heavy atom. The summed E-state index contributed by atoms with van der Waals surface area (Å²) in [6, 6.07) is 0. The Morgan fingerprint density at radius 1 is 1.35 bits per heavy atom. The van der Waals surface area contributed by atoms with Crippen molar-refractivity contribution in [1.29, 1.82) is 0 Å². The van der Waals surface area contributed by atoms with Crippen LogP contribution in [0.15, 0.2) is 10.4 Å². The molecule has 20 heavy (non-hydrogen) atoms. The fraction of sp³-hybridized carbons (Fsp3) is 0.636. The fourth-order valence-corrected chi connectivity index (χ4v) is 2.18. The number of hydrogen-bond acceptors (Lipinski definition) is 4. The van der Waals surface area contributed by atoms with Crippen LogP contribution in [0.2, 0.25) is 0 Å². The molecular formula is C11H18F3N5S. The van der Waals surface area contributed by atoms with Crippen molar-refractivity contribution in [2.45, 2.75) is 31.9 Å². The van der Waals surface area contributed by atoms with Crippen LogP contribution in [0, 0.1) is 0 Å². The molecule has 1 aromatic heterocycles. The third-order valence-corrected chi connectivity index (χ3v) is 3.16. The molecule has 0 aliphatic carbocycles. The lowest BCUT2D eigenvalue weighted by atomic mass is 10.2. The van der Waals surface area contributed by atoms with E-state index in [1.807, 2.05) is 5.38 Å². The number of anilines is 1. The van der Waals surface area contributed by atoms with Crippen LogP contribution in [0.5, 0.6) is 0 Å². The van der Waals surface area contributed by atoms with E-state index >= 15 is 0 Å². The molecule has 0 saturated carbocycles. The second-order valence-electron chi connectivity index (χ2n) is 4.18.